The zero-order valence-electron chi connectivity index (χ0n) is 13.7. The van der Waals surface area contributed by atoms with Gasteiger partial charge in [0.1, 0.15) is 29.9 Å². The molecule has 9 nitrogen and oxygen atoms in total. The number of nitrogen functional groups attached to an aromatic ring is 1. The summed E-state index contributed by atoms with van der Waals surface area (Å²) >= 11 is 5.90. The molecule has 1 fully saturated rings. The van der Waals surface area contributed by atoms with Crippen LogP contribution in [-0.4, -0.2) is 51.0 Å². The Morgan fingerprint density at radius 3 is 2.69 bits per heavy atom. The Balaban J connectivity index is 2.16. The predicted molar refractivity (Wildman–Crippen MR) is 94.1 cm³/mol. The van der Waals surface area contributed by atoms with Gasteiger partial charge in [-0.2, -0.15) is 0 Å². The summed E-state index contributed by atoms with van der Waals surface area (Å²) in [5, 5.41) is 21.9. The molecule has 1 aliphatic heterocycles. The van der Waals surface area contributed by atoms with Gasteiger partial charge in [-0.25, -0.2) is 4.98 Å². The van der Waals surface area contributed by atoms with E-state index in [9.17, 15) is 15.0 Å². The van der Waals surface area contributed by atoms with Crippen LogP contribution in [0.25, 0.3) is 0 Å². The molecule has 1 aromatic heterocycles. The fourth-order valence-corrected chi connectivity index (χ4v) is 3.36. The largest absolute Gasteiger partial charge is 0.387 e. The number of anilines is 1. The molecule has 0 saturated carbocycles. The van der Waals surface area contributed by atoms with Gasteiger partial charge in [-0.15, -0.1) is 0 Å². The van der Waals surface area contributed by atoms with Gasteiger partial charge in [0.15, 0.2) is 5.60 Å². The predicted octanol–water partition coefficient (Wildman–Crippen LogP) is -0.901. The van der Waals surface area contributed by atoms with Crippen molar-refractivity contribution in [3.8, 4) is 0 Å². The lowest BCUT2D eigenvalue weighted by atomic mass is 9.91. The van der Waals surface area contributed by atoms with Crippen molar-refractivity contribution in [1.29, 1.82) is 0 Å². The van der Waals surface area contributed by atoms with E-state index in [0.29, 0.717) is 10.6 Å². The third kappa shape index (κ3) is 2.93. The zero-order chi connectivity index (χ0) is 19.1. The average molecular weight is 382 g/mol. The number of hydrogen-bond donors (Lipinski definition) is 5. The second-order valence-electron chi connectivity index (χ2n) is 6.15. The highest BCUT2D eigenvalue weighted by Gasteiger charge is 2.54. The van der Waals surface area contributed by atoms with Crippen molar-refractivity contribution >= 4 is 23.3 Å². The van der Waals surface area contributed by atoms with Crippen molar-refractivity contribution < 1.29 is 19.7 Å². The number of benzene rings is 1. The second-order valence-corrected chi connectivity index (χ2v) is 6.59. The lowest BCUT2D eigenvalue weighted by Crippen LogP contribution is -2.49. The summed E-state index contributed by atoms with van der Waals surface area (Å²) in [6, 6.07) is 5.45. The minimum Gasteiger partial charge on any atom is -0.387 e. The van der Waals surface area contributed by atoms with Crippen molar-refractivity contribution in [1.82, 2.24) is 9.55 Å². The lowest BCUT2D eigenvalue weighted by molar-refractivity contribution is -0.121. The van der Waals surface area contributed by atoms with Crippen LogP contribution in [-0.2, 0) is 15.1 Å². The Labute approximate surface area is 154 Å². The van der Waals surface area contributed by atoms with E-state index in [2.05, 4.69) is 4.98 Å². The van der Waals surface area contributed by atoms with Gasteiger partial charge in [-0.1, -0.05) is 23.7 Å². The van der Waals surface area contributed by atoms with Crippen LogP contribution in [0, 0.1) is 0 Å². The zero-order valence-corrected chi connectivity index (χ0v) is 14.5. The molecule has 4 atom stereocenters. The molecular formula is C16H20ClN5O4. The third-order valence-corrected chi connectivity index (χ3v) is 4.76. The number of amides is 1. The second kappa shape index (κ2) is 6.86. The van der Waals surface area contributed by atoms with Crippen LogP contribution >= 0.6 is 11.6 Å². The van der Waals surface area contributed by atoms with Gasteiger partial charge in [0, 0.05) is 17.8 Å². The lowest BCUT2D eigenvalue weighted by Gasteiger charge is -2.31. The summed E-state index contributed by atoms with van der Waals surface area (Å²) in [4.78, 5) is 16.3. The number of primary amides is 1. The standard InChI is InChI=1S/C16H20ClN5O4/c17-9-3-1-8(2-4-9)13(14(20)24)22-6-12(19)21-15(22)16(25)10(23)7-26-11(16)5-18/h1-4,6,10-11,13,23,25H,5,7,18-19H2,(H2,20,24)/t10-,11+,13?,16+/m0/s1. The summed E-state index contributed by atoms with van der Waals surface area (Å²) in [7, 11) is 0. The number of hydrogen-bond acceptors (Lipinski definition) is 7. The highest BCUT2D eigenvalue weighted by atomic mass is 35.5. The van der Waals surface area contributed by atoms with E-state index in [1.165, 1.54) is 10.8 Å². The quantitative estimate of drug-likeness (QED) is 0.448. The molecular weight excluding hydrogens is 362 g/mol. The first-order valence-corrected chi connectivity index (χ1v) is 8.28. The van der Waals surface area contributed by atoms with Crippen molar-refractivity contribution in [2.45, 2.75) is 23.9 Å². The van der Waals surface area contributed by atoms with Gasteiger partial charge in [0.25, 0.3) is 0 Å². The highest BCUT2D eigenvalue weighted by molar-refractivity contribution is 6.30. The molecule has 1 aromatic carbocycles. The fraction of sp³-hybridized carbons (Fsp3) is 0.375. The number of rotatable bonds is 5. The first-order valence-electron chi connectivity index (χ1n) is 7.90. The molecule has 1 amide bonds. The van der Waals surface area contributed by atoms with Gasteiger partial charge in [0.05, 0.1) is 6.61 Å². The maximum absolute atomic E-state index is 12.2. The summed E-state index contributed by atoms with van der Waals surface area (Å²) in [5.74, 6) is -0.704. The van der Waals surface area contributed by atoms with E-state index in [0.717, 1.165) is 0 Å². The van der Waals surface area contributed by atoms with Crippen molar-refractivity contribution in [2.75, 3.05) is 18.9 Å². The van der Waals surface area contributed by atoms with E-state index in [1.807, 2.05) is 0 Å². The molecule has 140 valence electrons. The molecule has 0 radical (unpaired) electrons. The van der Waals surface area contributed by atoms with Crippen LogP contribution in [0.5, 0.6) is 0 Å². The first-order chi connectivity index (χ1) is 12.3. The molecule has 3 rings (SSSR count). The number of aromatic nitrogens is 2. The van der Waals surface area contributed by atoms with Crippen molar-refractivity contribution in [3.05, 3.63) is 46.9 Å². The van der Waals surface area contributed by atoms with E-state index >= 15 is 0 Å². The van der Waals surface area contributed by atoms with Gasteiger partial charge < -0.3 is 36.7 Å². The van der Waals surface area contributed by atoms with Crippen molar-refractivity contribution in [2.24, 2.45) is 11.5 Å². The molecule has 0 spiro atoms. The SMILES string of the molecule is NC[C@H]1OC[C@H](O)[C@]1(O)c1nc(N)cn1C(C(N)=O)c1ccc(Cl)cc1. The molecule has 2 aromatic rings. The van der Waals surface area contributed by atoms with Crippen molar-refractivity contribution in [3.63, 3.8) is 0 Å². The normalized spacial score (nSPS) is 26.8. The van der Waals surface area contributed by atoms with Crippen LogP contribution in [0.1, 0.15) is 17.4 Å². The number of ether oxygens (including phenoxy) is 1. The minimum atomic E-state index is -1.94. The Bertz CT molecular complexity index is 811. The molecule has 0 aliphatic carbocycles. The minimum absolute atomic E-state index is 0.0449. The molecule has 10 heteroatoms. The summed E-state index contributed by atoms with van der Waals surface area (Å²) in [6.07, 6.45) is -0.845. The molecule has 1 aliphatic rings. The number of aliphatic hydroxyl groups is 2. The van der Waals surface area contributed by atoms with E-state index < -0.39 is 29.8 Å². The van der Waals surface area contributed by atoms with Gasteiger partial charge in [0.2, 0.25) is 5.91 Å². The highest BCUT2D eigenvalue weighted by Crippen LogP contribution is 2.38. The van der Waals surface area contributed by atoms with E-state index in [-0.39, 0.29) is 24.8 Å². The Morgan fingerprint density at radius 2 is 2.12 bits per heavy atom. The summed E-state index contributed by atoms with van der Waals surface area (Å²) < 4.78 is 6.69. The Kier molecular flexibility index (Phi) is 4.91. The van der Waals surface area contributed by atoms with Gasteiger partial charge >= 0.3 is 0 Å². The number of carbonyl (C=O) groups is 1. The summed E-state index contributed by atoms with van der Waals surface area (Å²) in [6.45, 7) is -0.199. The molecule has 0 bridgehead atoms. The molecule has 26 heavy (non-hydrogen) atoms. The Hall–Kier alpha value is -2.17. The number of imidazole rings is 1. The fourth-order valence-electron chi connectivity index (χ4n) is 3.23. The maximum atomic E-state index is 12.2. The monoisotopic (exact) mass is 381 g/mol. The maximum Gasteiger partial charge on any atom is 0.245 e. The number of aliphatic hydroxyl groups excluding tert-OH is 1. The van der Waals surface area contributed by atoms with Crippen LogP contribution in [0.3, 0.4) is 0 Å². The first kappa shape index (κ1) is 18.6. The van der Waals surface area contributed by atoms with Gasteiger partial charge in [-0.05, 0) is 17.7 Å². The molecule has 1 unspecified atom stereocenters. The molecule has 1 saturated heterocycles. The van der Waals surface area contributed by atoms with Crippen LogP contribution < -0.4 is 17.2 Å². The number of nitrogens with two attached hydrogens (primary N) is 3. The van der Waals surface area contributed by atoms with E-state index in [1.54, 1.807) is 24.3 Å². The smallest absolute Gasteiger partial charge is 0.245 e. The van der Waals surface area contributed by atoms with Crippen LogP contribution in [0.15, 0.2) is 30.5 Å². The van der Waals surface area contributed by atoms with Crippen LogP contribution in [0.4, 0.5) is 5.82 Å². The number of halogens is 1. The topological polar surface area (TPSA) is 163 Å². The van der Waals surface area contributed by atoms with Gasteiger partial charge in [-0.3, -0.25) is 4.79 Å². The average Bonchev–Trinajstić information content (AvgIpc) is 3.11. The number of carbonyl (C=O) groups excluding carboxylic acids is 1. The number of nitrogens with zero attached hydrogens (tertiary/aromatic N) is 2. The molecule has 8 N–H and O–H groups in total. The Morgan fingerprint density at radius 1 is 1.46 bits per heavy atom. The van der Waals surface area contributed by atoms with E-state index in [4.69, 9.17) is 33.5 Å². The third-order valence-electron chi connectivity index (χ3n) is 4.51. The summed E-state index contributed by atoms with van der Waals surface area (Å²) in [5.41, 5.74) is 15.6. The molecule has 2 heterocycles. The van der Waals surface area contributed by atoms with Crippen LogP contribution in [0.2, 0.25) is 5.02 Å².